The van der Waals surface area contributed by atoms with E-state index in [1.165, 1.54) is 0 Å². The van der Waals surface area contributed by atoms with Gasteiger partial charge in [0, 0.05) is 10.7 Å². The number of rotatable bonds is 3. The molecule has 0 aromatic rings. The summed E-state index contributed by atoms with van der Waals surface area (Å²) >= 11 is 0. The molecule has 2 unspecified atom stereocenters. The number of nitrogens with zero attached hydrogens (tertiary/aromatic N) is 1. The molecule has 2 bridgehead atoms. The van der Waals surface area contributed by atoms with E-state index in [1.807, 2.05) is 0 Å². The Bertz CT molecular complexity index is 448. The molecule has 5 nitrogen and oxygen atoms in total. The minimum Gasteiger partial charge on any atom is -0.861 e. The van der Waals surface area contributed by atoms with Crippen LogP contribution in [0.2, 0.25) is 0 Å². The van der Waals surface area contributed by atoms with Crippen molar-refractivity contribution < 1.29 is 18.3 Å². The van der Waals surface area contributed by atoms with E-state index in [4.69, 9.17) is 15.4 Å². The molecule has 102 valence electrons. The van der Waals surface area contributed by atoms with Crippen molar-refractivity contribution in [1.29, 1.82) is 0 Å². The van der Waals surface area contributed by atoms with Crippen molar-refractivity contribution in [2.24, 2.45) is 28.1 Å². The van der Waals surface area contributed by atoms with Gasteiger partial charge in [0.25, 0.3) is 0 Å². The number of halogens is 1. The van der Waals surface area contributed by atoms with Crippen LogP contribution in [-0.4, -0.2) is 20.4 Å². The van der Waals surface area contributed by atoms with Crippen LogP contribution in [0, 0.1) is 30.3 Å². The van der Waals surface area contributed by atoms with Crippen molar-refractivity contribution >= 4 is 25.8 Å². The molecule has 2 rings (SSSR count). The number of ether oxygens (including phenoxy) is 1. The van der Waals surface area contributed by atoms with Gasteiger partial charge in [0.1, 0.15) is 12.0 Å². The van der Waals surface area contributed by atoms with E-state index >= 15 is 0 Å². The molecule has 0 radical (unpaired) electrons. The number of fused-ring (bicyclic) bond motifs is 2. The van der Waals surface area contributed by atoms with E-state index in [0.717, 1.165) is 12.8 Å². The Hall–Kier alpha value is -0.460. The highest BCUT2D eigenvalue weighted by molar-refractivity contribution is 8.12. The lowest BCUT2D eigenvalue weighted by atomic mass is 9.70. The van der Waals surface area contributed by atoms with Crippen LogP contribution in [-0.2, 0) is 14.0 Å². The van der Waals surface area contributed by atoms with Crippen molar-refractivity contribution in [3.05, 3.63) is 6.61 Å². The van der Waals surface area contributed by atoms with Crippen molar-refractivity contribution in [3.63, 3.8) is 0 Å². The Kier molecular flexibility index (Phi) is 3.80. The highest BCUT2D eigenvalue weighted by Crippen LogP contribution is 2.46. The van der Waals surface area contributed by atoms with Gasteiger partial charge in [0.05, 0.1) is 5.92 Å². The molecule has 1 heterocycles. The molecule has 2 aliphatic rings. The summed E-state index contributed by atoms with van der Waals surface area (Å²) in [5.41, 5.74) is 0. The standard InChI is InChI=1S/C11H16ClNO4S/c1-6(2)8-4-3-7-5-17-10(8)9(7)11(14)13-18(12,15)16/h5-10H,3-4H2,1-2H3/t7-,8?,9?,10-/m1/s1. The molecule has 2 fully saturated rings. The summed E-state index contributed by atoms with van der Waals surface area (Å²) in [6.45, 7) is 5.80. The number of hydrogen-bond donors (Lipinski definition) is 0. The third-order valence-corrected chi connectivity index (χ3v) is 4.43. The summed E-state index contributed by atoms with van der Waals surface area (Å²) in [7, 11) is 0.844. The Morgan fingerprint density at radius 3 is 2.72 bits per heavy atom. The highest BCUT2D eigenvalue weighted by Gasteiger charge is 2.53. The summed E-state index contributed by atoms with van der Waals surface area (Å²) in [5.74, 6) is -0.592. The van der Waals surface area contributed by atoms with E-state index in [0.29, 0.717) is 5.92 Å². The Balaban J connectivity index is 2.26. The molecule has 0 aromatic heterocycles. The molecule has 0 amide bonds. The normalized spacial score (nSPS) is 36.8. The average molecular weight is 294 g/mol. The van der Waals surface area contributed by atoms with Crippen molar-refractivity contribution in [2.45, 2.75) is 32.8 Å². The van der Waals surface area contributed by atoms with E-state index in [-0.39, 0.29) is 17.9 Å². The lowest BCUT2D eigenvalue weighted by molar-refractivity contribution is -0.228. The van der Waals surface area contributed by atoms with E-state index in [2.05, 4.69) is 18.2 Å². The summed E-state index contributed by atoms with van der Waals surface area (Å²) < 4.78 is 30.3. The predicted octanol–water partition coefficient (Wildman–Crippen LogP) is 1.09. The third kappa shape index (κ3) is 2.75. The van der Waals surface area contributed by atoms with Crippen LogP contribution in [0.4, 0.5) is 0 Å². The topological polar surface area (TPSA) is 78.8 Å². The van der Waals surface area contributed by atoms with Crippen LogP contribution in [0.15, 0.2) is 4.40 Å². The van der Waals surface area contributed by atoms with Gasteiger partial charge in [-0.1, -0.05) is 13.8 Å². The van der Waals surface area contributed by atoms with Gasteiger partial charge in [0.2, 0.25) is 6.61 Å². The second kappa shape index (κ2) is 4.90. The summed E-state index contributed by atoms with van der Waals surface area (Å²) in [4.78, 5) is 0. The first-order valence-corrected chi connectivity index (χ1v) is 8.26. The minimum atomic E-state index is -4.15. The smallest absolute Gasteiger partial charge is 0.338 e. The fraction of sp³-hybridized carbons (Fsp3) is 0.818. The van der Waals surface area contributed by atoms with Gasteiger partial charge in [-0.05, 0) is 30.6 Å². The van der Waals surface area contributed by atoms with E-state index < -0.39 is 21.1 Å². The maximum absolute atomic E-state index is 11.9. The summed E-state index contributed by atoms with van der Waals surface area (Å²) in [5, 5.41) is 11.9. The molecule has 0 aromatic carbocycles. The maximum atomic E-state index is 11.9. The minimum absolute atomic E-state index is 0.0420. The molecule has 1 aliphatic heterocycles. The van der Waals surface area contributed by atoms with Crippen LogP contribution in [0.5, 0.6) is 0 Å². The first-order chi connectivity index (χ1) is 8.29. The number of hydrogen-bond acceptors (Lipinski definition) is 4. The summed E-state index contributed by atoms with van der Waals surface area (Å²) in [6.07, 6.45) is 1.55. The quantitative estimate of drug-likeness (QED) is 0.338. The average Bonchev–Trinajstić information content (AvgIpc) is 2.49. The molecular formula is C11H16ClNO4S. The van der Waals surface area contributed by atoms with Gasteiger partial charge in [-0.25, -0.2) is 0 Å². The summed E-state index contributed by atoms with van der Waals surface area (Å²) in [6, 6.07) is 0. The molecule has 4 atom stereocenters. The van der Waals surface area contributed by atoms with Crippen LogP contribution in [0.1, 0.15) is 26.7 Å². The lowest BCUT2D eigenvalue weighted by Gasteiger charge is -2.34. The molecule has 1 saturated carbocycles. The SMILES string of the molecule is CC(C)C1CC[C@@H]2[CH+]O[C@H]1C2/C([O-])=N\S(=O)(=O)Cl. The fourth-order valence-corrected chi connectivity index (χ4v) is 3.51. The zero-order valence-corrected chi connectivity index (χ0v) is 11.8. The third-order valence-electron chi connectivity index (χ3n) is 3.82. The van der Waals surface area contributed by atoms with E-state index in [9.17, 15) is 13.5 Å². The molecule has 0 N–H and O–H groups in total. The molecule has 1 saturated heterocycles. The van der Waals surface area contributed by atoms with Crippen LogP contribution in [0.25, 0.3) is 0 Å². The zero-order valence-electron chi connectivity index (χ0n) is 10.2. The first-order valence-electron chi connectivity index (χ1n) is 6.00. The Labute approximate surface area is 112 Å². The fourth-order valence-electron chi connectivity index (χ4n) is 2.97. The zero-order chi connectivity index (χ0) is 13.5. The molecule has 18 heavy (non-hydrogen) atoms. The van der Waals surface area contributed by atoms with Crippen molar-refractivity contribution in [1.82, 2.24) is 0 Å². The van der Waals surface area contributed by atoms with Gasteiger partial charge in [0.15, 0.2) is 0 Å². The predicted molar refractivity (Wildman–Crippen MR) is 65.9 cm³/mol. The van der Waals surface area contributed by atoms with Gasteiger partial charge in [-0.3, -0.25) is 0 Å². The first kappa shape index (κ1) is 14.0. The Morgan fingerprint density at radius 2 is 2.17 bits per heavy atom. The lowest BCUT2D eigenvalue weighted by Crippen LogP contribution is -2.44. The molecule has 1 aliphatic carbocycles. The highest BCUT2D eigenvalue weighted by atomic mass is 35.7. The van der Waals surface area contributed by atoms with Crippen LogP contribution < -0.4 is 5.11 Å². The second-order valence-corrected chi connectivity index (χ2v) is 7.43. The largest absolute Gasteiger partial charge is 0.861 e. The monoisotopic (exact) mass is 293 g/mol. The van der Waals surface area contributed by atoms with Crippen LogP contribution in [0.3, 0.4) is 0 Å². The van der Waals surface area contributed by atoms with Gasteiger partial charge in [-0.15, -0.1) is 0 Å². The molecule has 0 spiro atoms. The van der Waals surface area contributed by atoms with Crippen molar-refractivity contribution in [2.75, 3.05) is 0 Å². The van der Waals surface area contributed by atoms with Gasteiger partial charge < -0.3 is 5.11 Å². The van der Waals surface area contributed by atoms with Crippen LogP contribution >= 0.6 is 10.7 Å². The molecule has 7 heteroatoms. The van der Waals surface area contributed by atoms with Crippen molar-refractivity contribution in [3.8, 4) is 0 Å². The Morgan fingerprint density at radius 1 is 1.50 bits per heavy atom. The van der Waals surface area contributed by atoms with Gasteiger partial charge >= 0.3 is 9.24 Å². The van der Waals surface area contributed by atoms with E-state index in [1.54, 1.807) is 6.61 Å². The maximum Gasteiger partial charge on any atom is 0.338 e. The van der Waals surface area contributed by atoms with Gasteiger partial charge in [-0.2, -0.15) is 17.6 Å². The second-order valence-electron chi connectivity index (χ2n) is 5.25. The molecular weight excluding hydrogens is 278 g/mol.